The summed E-state index contributed by atoms with van der Waals surface area (Å²) in [5.41, 5.74) is 0.808. The molecule has 0 aliphatic carbocycles. The van der Waals surface area contributed by atoms with Crippen LogP contribution in [0.1, 0.15) is 12.0 Å². The van der Waals surface area contributed by atoms with Crippen LogP contribution in [0.2, 0.25) is 0 Å². The molecule has 1 aliphatic rings. The molecule has 0 spiro atoms. The molecular weight excluding hydrogens is 223 g/mol. The molecule has 0 saturated carbocycles. The largest absolute Gasteiger partial charge is 0.379 e. The Balaban J connectivity index is 1.74. The fraction of sp³-hybridized carbons (Fsp3) is 0.462. The van der Waals surface area contributed by atoms with Crippen molar-refractivity contribution < 1.29 is 18.7 Å². The Morgan fingerprint density at radius 3 is 2.82 bits per heavy atom. The van der Waals surface area contributed by atoms with Gasteiger partial charge in [0.15, 0.2) is 5.78 Å². The van der Waals surface area contributed by atoms with Crippen molar-refractivity contribution in [1.29, 1.82) is 0 Å². The van der Waals surface area contributed by atoms with E-state index in [4.69, 9.17) is 9.47 Å². The van der Waals surface area contributed by atoms with Crippen LogP contribution in [0, 0.1) is 5.82 Å². The highest BCUT2D eigenvalue weighted by atomic mass is 19.1. The summed E-state index contributed by atoms with van der Waals surface area (Å²) in [6, 6.07) is 5.94. The van der Waals surface area contributed by atoms with Crippen LogP contribution in [0.25, 0.3) is 0 Å². The summed E-state index contributed by atoms with van der Waals surface area (Å²) >= 11 is 0. The second-order valence-electron chi connectivity index (χ2n) is 4.14. The molecule has 1 atom stereocenters. The molecule has 92 valence electrons. The van der Waals surface area contributed by atoms with Crippen molar-refractivity contribution in [2.75, 3.05) is 19.8 Å². The van der Waals surface area contributed by atoms with E-state index in [2.05, 4.69) is 0 Å². The van der Waals surface area contributed by atoms with E-state index in [1.54, 1.807) is 12.1 Å². The lowest BCUT2D eigenvalue weighted by atomic mass is 10.1. The van der Waals surface area contributed by atoms with E-state index in [9.17, 15) is 9.18 Å². The van der Waals surface area contributed by atoms with Gasteiger partial charge in [-0.1, -0.05) is 12.1 Å². The molecule has 1 fully saturated rings. The topological polar surface area (TPSA) is 35.5 Å². The zero-order chi connectivity index (χ0) is 12.1. The lowest BCUT2D eigenvalue weighted by Gasteiger charge is -2.08. The van der Waals surface area contributed by atoms with Gasteiger partial charge in [0.2, 0.25) is 0 Å². The van der Waals surface area contributed by atoms with Crippen LogP contribution in [-0.4, -0.2) is 31.7 Å². The van der Waals surface area contributed by atoms with Gasteiger partial charge in [0.1, 0.15) is 12.4 Å². The summed E-state index contributed by atoms with van der Waals surface area (Å²) in [7, 11) is 0. The monoisotopic (exact) mass is 238 g/mol. The molecule has 0 radical (unpaired) electrons. The molecule has 0 bridgehead atoms. The predicted octanol–water partition coefficient (Wildman–Crippen LogP) is 1.74. The van der Waals surface area contributed by atoms with Gasteiger partial charge in [0.05, 0.1) is 12.7 Å². The Morgan fingerprint density at radius 2 is 2.18 bits per heavy atom. The third-order valence-electron chi connectivity index (χ3n) is 2.68. The van der Waals surface area contributed by atoms with Crippen LogP contribution in [0.5, 0.6) is 0 Å². The van der Waals surface area contributed by atoms with Gasteiger partial charge in [-0.15, -0.1) is 0 Å². The Bertz CT molecular complexity index is 369. The van der Waals surface area contributed by atoms with Crippen LogP contribution < -0.4 is 0 Å². The molecule has 1 saturated heterocycles. The minimum atomic E-state index is -0.291. The number of carbonyl (C=O) groups is 1. The van der Waals surface area contributed by atoms with Crippen molar-refractivity contribution in [3.05, 3.63) is 35.6 Å². The van der Waals surface area contributed by atoms with Crippen molar-refractivity contribution in [2.45, 2.75) is 18.9 Å². The highest BCUT2D eigenvalue weighted by molar-refractivity contribution is 5.82. The maximum Gasteiger partial charge on any atom is 0.162 e. The standard InChI is InChI=1S/C13H15FO3/c14-11-3-1-10(2-4-11)7-12(15)8-17-13-5-6-16-9-13/h1-4,13H,5-9H2. The first-order valence-electron chi connectivity index (χ1n) is 5.69. The molecular formula is C13H15FO3. The lowest BCUT2D eigenvalue weighted by molar-refractivity contribution is -0.124. The zero-order valence-corrected chi connectivity index (χ0v) is 9.52. The van der Waals surface area contributed by atoms with Crippen LogP contribution >= 0.6 is 0 Å². The van der Waals surface area contributed by atoms with Gasteiger partial charge in [0.25, 0.3) is 0 Å². The first kappa shape index (κ1) is 12.2. The minimum Gasteiger partial charge on any atom is -0.379 e. The fourth-order valence-electron chi connectivity index (χ4n) is 1.74. The quantitative estimate of drug-likeness (QED) is 0.784. The molecule has 0 aromatic heterocycles. The van der Waals surface area contributed by atoms with E-state index in [0.717, 1.165) is 12.0 Å². The Labute approximate surface area is 99.5 Å². The molecule has 1 aromatic rings. The number of rotatable bonds is 5. The number of Topliss-reactive ketones (excluding diaryl/α,β-unsaturated/α-hetero) is 1. The second-order valence-corrected chi connectivity index (χ2v) is 4.14. The van der Waals surface area contributed by atoms with Gasteiger partial charge in [-0.2, -0.15) is 0 Å². The summed E-state index contributed by atoms with van der Waals surface area (Å²) in [6.07, 6.45) is 1.18. The number of hydrogen-bond acceptors (Lipinski definition) is 3. The lowest BCUT2D eigenvalue weighted by Crippen LogP contribution is -2.19. The van der Waals surface area contributed by atoms with Crippen molar-refractivity contribution in [3.8, 4) is 0 Å². The zero-order valence-electron chi connectivity index (χ0n) is 9.52. The molecule has 1 heterocycles. The average Bonchev–Trinajstić information content (AvgIpc) is 2.83. The van der Waals surface area contributed by atoms with E-state index >= 15 is 0 Å². The molecule has 1 aliphatic heterocycles. The first-order valence-corrected chi connectivity index (χ1v) is 5.69. The van der Waals surface area contributed by atoms with Gasteiger partial charge in [-0.25, -0.2) is 4.39 Å². The molecule has 2 rings (SSSR count). The number of hydrogen-bond donors (Lipinski definition) is 0. The van der Waals surface area contributed by atoms with Crippen LogP contribution in [-0.2, 0) is 20.7 Å². The molecule has 17 heavy (non-hydrogen) atoms. The van der Waals surface area contributed by atoms with Crippen molar-refractivity contribution in [1.82, 2.24) is 0 Å². The Hall–Kier alpha value is -1.26. The molecule has 4 heteroatoms. The maximum atomic E-state index is 12.7. The van der Waals surface area contributed by atoms with E-state index in [0.29, 0.717) is 13.2 Å². The summed E-state index contributed by atoms with van der Waals surface area (Å²) in [6.45, 7) is 1.38. The number of ketones is 1. The predicted molar refractivity (Wildman–Crippen MR) is 60.3 cm³/mol. The highest BCUT2D eigenvalue weighted by Crippen LogP contribution is 2.09. The SMILES string of the molecule is O=C(COC1CCOC1)Cc1ccc(F)cc1. The van der Waals surface area contributed by atoms with Crippen molar-refractivity contribution in [3.63, 3.8) is 0 Å². The Kier molecular flexibility index (Phi) is 4.23. The van der Waals surface area contributed by atoms with Crippen LogP contribution in [0.4, 0.5) is 4.39 Å². The summed E-state index contributed by atoms with van der Waals surface area (Å²) in [5, 5.41) is 0. The molecule has 0 amide bonds. The third-order valence-corrected chi connectivity index (χ3v) is 2.68. The number of halogens is 1. The van der Waals surface area contributed by atoms with Crippen LogP contribution in [0.3, 0.4) is 0 Å². The van der Waals surface area contributed by atoms with E-state index in [1.807, 2.05) is 0 Å². The molecule has 0 N–H and O–H groups in total. The number of carbonyl (C=O) groups excluding carboxylic acids is 1. The summed E-state index contributed by atoms with van der Waals surface area (Å²) in [5.74, 6) is -0.288. The van der Waals surface area contributed by atoms with Crippen molar-refractivity contribution in [2.24, 2.45) is 0 Å². The molecule has 1 unspecified atom stereocenters. The normalized spacial score (nSPS) is 19.5. The highest BCUT2D eigenvalue weighted by Gasteiger charge is 2.17. The smallest absolute Gasteiger partial charge is 0.162 e. The first-order chi connectivity index (χ1) is 8.24. The van der Waals surface area contributed by atoms with E-state index in [1.165, 1.54) is 12.1 Å². The van der Waals surface area contributed by atoms with Gasteiger partial charge in [0, 0.05) is 13.0 Å². The number of benzene rings is 1. The third kappa shape index (κ3) is 3.91. The van der Waals surface area contributed by atoms with Gasteiger partial charge < -0.3 is 9.47 Å². The minimum absolute atomic E-state index is 0.00325. The van der Waals surface area contributed by atoms with Crippen LogP contribution in [0.15, 0.2) is 24.3 Å². The fourth-order valence-corrected chi connectivity index (χ4v) is 1.74. The van der Waals surface area contributed by atoms with Crippen molar-refractivity contribution >= 4 is 5.78 Å². The van der Waals surface area contributed by atoms with E-state index in [-0.39, 0.29) is 30.7 Å². The van der Waals surface area contributed by atoms with Gasteiger partial charge in [-0.05, 0) is 24.1 Å². The van der Waals surface area contributed by atoms with Gasteiger partial charge >= 0.3 is 0 Å². The summed E-state index contributed by atoms with van der Waals surface area (Å²) in [4.78, 5) is 11.6. The average molecular weight is 238 g/mol. The molecule has 3 nitrogen and oxygen atoms in total. The molecule has 1 aromatic carbocycles. The second kappa shape index (κ2) is 5.89. The Morgan fingerprint density at radius 1 is 1.41 bits per heavy atom. The van der Waals surface area contributed by atoms with Gasteiger partial charge in [-0.3, -0.25) is 4.79 Å². The maximum absolute atomic E-state index is 12.7. The summed E-state index contributed by atoms with van der Waals surface area (Å²) < 4.78 is 23.2. The number of ether oxygens (including phenoxy) is 2. The van der Waals surface area contributed by atoms with E-state index < -0.39 is 0 Å².